The Morgan fingerprint density at radius 2 is 1.50 bits per heavy atom. The fourth-order valence-electron chi connectivity index (χ4n) is 0.0962. The van der Waals surface area contributed by atoms with Crippen LogP contribution < -0.4 is 17.0 Å². The molecule has 0 rings (SSSR count). The standard InChI is InChI=1S/C4H9O2.BrH.Mg/c1-4(5-2)6-3;;/h4H,1H2,2-3H3;1H;/q-1;;+2/p-1. The van der Waals surface area contributed by atoms with Crippen molar-refractivity contribution in [3.05, 3.63) is 6.92 Å². The van der Waals surface area contributed by atoms with Gasteiger partial charge in [0.1, 0.15) is 0 Å². The van der Waals surface area contributed by atoms with Crippen molar-refractivity contribution < 1.29 is 26.5 Å². The van der Waals surface area contributed by atoms with Crippen molar-refractivity contribution in [3.8, 4) is 0 Å². The minimum atomic E-state index is -0.315. The van der Waals surface area contributed by atoms with Crippen molar-refractivity contribution in [1.82, 2.24) is 0 Å². The van der Waals surface area contributed by atoms with Crippen molar-refractivity contribution >= 4 is 23.1 Å². The fourth-order valence-corrected chi connectivity index (χ4v) is 0.0962. The first-order valence-electron chi connectivity index (χ1n) is 1.70. The third-order valence-corrected chi connectivity index (χ3v) is 0.526. The van der Waals surface area contributed by atoms with Crippen molar-refractivity contribution in [2.45, 2.75) is 6.29 Å². The van der Waals surface area contributed by atoms with Crippen molar-refractivity contribution in [3.63, 3.8) is 0 Å². The Balaban J connectivity index is -0.000000125. The largest absolute Gasteiger partial charge is 2.00 e. The van der Waals surface area contributed by atoms with Gasteiger partial charge in [-0.25, -0.2) is 0 Å². The third-order valence-electron chi connectivity index (χ3n) is 0.526. The van der Waals surface area contributed by atoms with E-state index in [1.165, 1.54) is 0 Å². The minimum absolute atomic E-state index is 0. The second-order valence-corrected chi connectivity index (χ2v) is 0.901. The van der Waals surface area contributed by atoms with Crippen LogP contribution in [0, 0.1) is 6.92 Å². The van der Waals surface area contributed by atoms with Crippen molar-refractivity contribution in [1.29, 1.82) is 0 Å². The van der Waals surface area contributed by atoms with Crippen LogP contribution in [-0.2, 0) is 9.47 Å². The predicted octanol–water partition coefficient (Wildman–Crippen LogP) is -2.94. The summed E-state index contributed by atoms with van der Waals surface area (Å²) < 4.78 is 9.13. The van der Waals surface area contributed by atoms with Crippen molar-refractivity contribution in [2.75, 3.05) is 14.2 Å². The van der Waals surface area contributed by atoms with Gasteiger partial charge in [-0.2, -0.15) is 0 Å². The molecule has 0 amide bonds. The van der Waals surface area contributed by atoms with Gasteiger partial charge in [0.05, 0.1) is 0 Å². The number of hydrogen-bond donors (Lipinski definition) is 0. The molecule has 0 aromatic rings. The zero-order valence-electron chi connectivity index (χ0n) is 5.19. The molecule has 0 N–H and O–H groups in total. The van der Waals surface area contributed by atoms with E-state index in [0.717, 1.165) is 0 Å². The van der Waals surface area contributed by atoms with Crippen LogP contribution >= 0.6 is 0 Å². The molecule has 8 heavy (non-hydrogen) atoms. The molecular formula is C4H9BrMgO2. The molecule has 0 aliphatic rings. The molecule has 0 radical (unpaired) electrons. The topological polar surface area (TPSA) is 18.5 Å². The Bertz CT molecular complexity index is 33.2. The average Bonchev–Trinajstić information content (AvgIpc) is 1.65. The van der Waals surface area contributed by atoms with E-state index in [4.69, 9.17) is 0 Å². The van der Waals surface area contributed by atoms with Crippen LogP contribution in [0.4, 0.5) is 0 Å². The summed E-state index contributed by atoms with van der Waals surface area (Å²) in [4.78, 5) is 0. The zero-order valence-corrected chi connectivity index (χ0v) is 8.19. The summed E-state index contributed by atoms with van der Waals surface area (Å²) in [6.45, 7) is 3.43. The molecule has 46 valence electrons. The summed E-state index contributed by atoms with van der Waals surface area (Å²) >= 11 is 0. The number of rotatable bonds is 2. The second-order valence-electron chi connectivity index (χ2n) is 0.901. The normalized spacial score (nSPS) is 7.50. The SMILES string of the molecule is [Br-].[CH2-]C(OC)OC.[Mg+2]. The van der Waals surface area contributed by atoms with Crippen LogP contribution in [0.15, 0.2) is 0 Å². The molecule has 0 spiro atoms. The van der Waals surface area contributed by atoms with Crippen LogP contribution in [0.2, 0.25) is 0 Å². The van der Waals surface area contributed by atoms with Gasteiger partial charge in [0.25, 0.3) is 0 Å². The van der Waals surface area contributed by atoms with Crippen LogP contribution in [0.25, 0.3) is 0 Å². The van der Waals surface area contributed by atoms with Gasteiger partial charge in [0, 0.05) is 20.5 Å². The minimum Gasteiger partial charge on any atom is -1.00 e. The summed E-state index contributed by atoms with van der Waals surface area (Å²) in [7, 11) is 3.09. The van der Waals surface area contributed by atoms with E-state index >= 15 is 0 Å². The Morgan fingerprint density at radius 3 is 1.50 bits per heavy atom. The number of ether oxygens (including phenoxy) is 2. The van der Waals surface area contributed by atoms with E-state index < -0.39 is 0 Å². The molecule has 0 saturated heterocycles. The van der Waals surface area contributed by atoms with E-state index in [2.05, 4.69) is 16.4 Å². The molecule has 0 aliphatic carbocycles. The van der Waals surface area contributed by atoms with E-state index in [0.29, 0.717) is 0 Å². The van der Waals surface area contributed by atoms with E-state index in [1.807, 2.05) is 0 Å². The van der Waals surface area contributed by atoms with Gasteiger partial charge in [-0.1, -0.05) is 0 Å². The average molecular weight is 193 g/mol. The van der Waals surface area contributed by atoms with Crippen molar-refractivity contribution in [2.24, 2.45) is 0 Å². The van der Waals surface area contributed by atoms with Crippen LogP contribution in [0.5, 0.6) is 0 Å². The maximum absolute atomic E-state index is 4.57. The molecule has 0 heterocycles. The van der Waals surface area contributed by atoms with E-state index in [9.17, 15) is 0 Å². The van der Waals surface area contributed by atoms with Gasteiger partial charge >= 0.3 is 23.1 Å². The summed E-state index contributed by atoms with van der Waals surface area (Å²) in [6.07, 6.45) is -0.315. The molecule has 0 bridgehead atoms. The summed E-state index contributed by atoms with van der Waals surface area (Å²) in [5.41, 5.74) is 0. The molecule has 0 atom stereocenters. The Hall–Kier alpha value is 1.17. The monoisotopic (exact) mass is 192 g/mol. The van der Waals surface area contributed by atoms with Crippen LogP contribution in [0.1, 0.15) is 0 Å². The molecule has 2 nitrogen and oxygen atoms in total. The van der Waals surface area contributed by atoms with Gasteiger partial charge in [0.15, 0.2) is 0 Å². The fraction of sp³-hybridized carbons (Fsp3) is 0.750. The first-order chi connectivity index (χ1) is 2.81. The molecule has 0 aliphatic heterocycles. The molecule has 0 saturated carbocycles. The van der Waals surface area contributed by atoms with Gasteiger partial charge in [0.2, 0.25) is 0 Å². The van der Waals surface area contributed by atoms with Crippen LogP contribution in [0.3, 0.4) is 0 Å². The Labute approximate surface area is 76.8 Å². The maximum Gasteiger partial charge on any atom is 2.00 e. The first-order valence-corrected chi connectivity index (χ1v) is 1.70. The smallest absolute Gasteiger partial charge is 1.00 e. The predicted molar refractivity (Wildman–Crippen MR) is 28.9 cm³/mol. The van der Waals surface area contributed by atoms with Gasteiger partial charge < -0.3 is 26.5 Å². The number of hydrogen-bond acceptors (Lipinski definition) is 2. The molecule has 0 aromatic carbocycles. The van der Waals surface area contributed by atoms with Crippen LogP contribution in [-0.4, -0.2) is 43.6 Å². The molecule has 0 fully saturated rings. The zero-order chi connectivity index (χ0) is 4.99. The Kier molecular flexibility index (Phi) is 22.2. The summed E-state index contributed by atoms with van der Waals surface area (Å²) in [5.74, 6) is 0. The quantitative estimate of drug-likeness (QED) is 0.265. The maximum atomic E-state index is 4.57. The molecule has 0 aromatic heterocycles. The number of halogens is 1. The van der Waals surface area contributed by atoms with E-state index in [1.54, 1.807) is 14.2 Å². The first kappa shape index (κ1) is 16.1. The second kappa shape index (κ2) is 11.0. The van der Waals surface area contributed by atoms with E-state index in [-0.39, 0.29) is 46.3 Å². The summed E-state index contributed by atoms with van der Waals surface area (Å²) in [5, 5.41) is 0. The summed E-state index contributed by atoms with van der Waals surface area (Å²) in [6, 6.07) is 0. The Morgan fingerprint density at radius 1 is 1.25 bits per heavy atom. The molecule has 4 heteroatoms. The van der Waals surface area contributed by atoms with Gasteiger partial charge in [-0.05, 0) is 0 Å². The third kappa shape index (κ3) is 10.2. The van der Waals surface area contributed by atoms with Gasteiger partial charge in [-0.3, -0.25) is 6.92 Å². The van der Waals surface area contributed by atoms with Gasteiger partial charge in [-0.15, -0.1) is 0 Å². The number of methoxy groups -OCH3 is 2. The molecule has 0 unspecified atom stereocenters. The molecular weight excluding hydrogens is 184 g/mol.